The van der Waals surface area contributed by atoms with E-state index in [1.54, 1.807) is 12.1 Å². The van der Waals surface area contributed by atoms with Crippen molar-refractivity contribution in [1.29, 1.82) is 0 Å². The zero-order valence-electron chi connectivity index (χ0n) is 10.8. The molecule has 17 heavy (non-hydrogen) atoms. The SMILES string of the molecule is CCNC(Cc1ccc(Cl)cc1F)C(C)CC. The molecule has 2 unspecified atom stereocenters. The summed E-state index contributed by atoms with van der Waals surface area (Å²) in [6, 6.07) is 5.24. The summed E-state index contributed by atoms with van der Waals surface area (Å²) in [7, 11) is 0. The smallest absolute Gasteiger partial charge is 0.127 e. The Hall–Kier alpha value is -0.600. The van der Waals surface area contributed by atoms with Gasteiger partial charge in [-0.25, -0.2) is 4.39 Å². The average molecular weight is 258 g/mol. The van der Waals surface area contributed by atoms with E-state index in [-0.39, 0.29) is 5.82 Å². The van der Waals surface area contributed by atoms with E-state index in [9.17, 15) is 4.39 Å². The second kappa shape index (κ2) is 6.97. The summed E-state index contributed by atoms with van der Waals surface area (Å²) in [6.45, 7) is 7.34. The minimum Gasteiger partial charge on any atom is -0.314 e. The molecule has 1 N–H and O–H groups in total. The van der Waals surface area contributed by atoms with E-state index < -0.39 is 0 Å². The van der Waals surface area contributed by atoms with Crippen molar-refractivity contribution in [3.8, 4) is 0 Å². The number of halogens is 2. The summed E-state index contributed by atoms with van der Waals surface area (Å²) >= 11 is 5.75. The number of benzene rings is 1. The Morgan fingerprint density at radius 2 is 2.06 bits per heavy atom. The van der Waals surface area contributed by atoms with Crippen LogP contribution < -0.4 is 5.32 Å². The van der Waals surface area contributed by atoms with Gasteiger partial charge >= 0.3 is 0 Å². The lowest BCUT2D eigenvalue weighted by Crippen LogP contribution is -2.36. The van der Waals surface area contributed by atoms with Crippen molar-refractivity contribution in [2.75, 3.05) is 6.54 Å². The molecule has 1 aromatic carbocycles. The van der Waals surface area contributed by atoms with Gasteiger partial charge in [0.1, 0.15) is 5.82 Å². The van der Waals surface area contributed by atoms with Crippen molar-refractivity contribution in [2.45, 2.75) is 39.7 Å². The first-order valence-electron chi connectivity index (χ1n) is 6.25. The standard InChI is InChI=1S/C14H21ClFN/c1-4-10(3)14(17-5-2)8-11-6-7-12(15)9-13(11)16/h6-7,9-10,14,17H,4-5,8H2,1-3H3. The first-order chi connectivity index (χ1) is 8.08. The third-order valence-electron chi connectivity index (χ3n) is 3.25. The van der Waals surface area contributed by atoms with E-state index in [2.05, 4.69) is 26.1 Å². The van der Waals surface area contributed by atoms with E-state index in [0.29, 0.717) is 23.4 Å². The van der Waals surface area contributed by atoms with Gasteiger partial charge < -0.3 is 5.32 Å². The largest absolute Gasteiger partial charge is 0.314 e. The molecule has 0 heterocycles. The van der Waals surface area contributed by atoms with Gasteiger partial charge in [0.25, 0.3) is 0 Å². The monoisotopic (exact) mass is 257 g/mol. The minimum absolute atomic E-state index is 0.205. The highest BCUT2D eigenvalue weighted by Gasteiger charge is 2.17. The number of likely N-dealkylation sites (N-methyl/N-ethyl adjacent to an activating group) is 1. The molecule has 0 aliphatic carbocycles. The van der Waals surface area contributed by atoms with E-state index in [1.807, 2.05) is 0 Å². The summed E-state index contributed by atoms with van der Waals surface area (Å²) in [4.78, 5) is 0. The number of nitrogens with one attached hydrogen (secondary N) is 1. The maximum atomic E-state index is 13.7. The van der Waals surface area contributed by atoms with Crippen LogP contribution in [0, 0.1) is 11.7 Å². The highest BCUT2D eigenvalue weighted by Crippen LogP contribution is 2.19. The Morgan fingerprint density at radius 3 is 2.59 bits per heavy atom. The van der Waals surface area contributed by atoms with Crippen molar-refractivity contribution in [3.05, 3.63) is 34.6 Å². The molecule has 0 radical (unpaired) electrons. The molecule has 0 amide bonds. The highest BCUT2D eigenvalue weighted by atomic mass is 35.5. The van der Waals surface area contributed by atoms with Crippen LogP contribution in [-0.2, 0) is 6.42 Å². The van der Waals surface area contributed by atoms with Crippen molar-refractivity contribution in [2.24, 2.45) is 5.92 Å². The van der Waals surface area contributed by atoms with Gasteiger partial charge in [-0.05, 0) is 36.6 Å². The molecule has 0 saturated heterocycles. The normalized spacial score (nSPS) is 14.6. The Morgan fingerprint density at radius 1 is 1.35 bits per heavy atom. The molecule has 0 aromatic heterocycles. The molecule has 0 bridgehead atoms. The van der Waals surface area contributed by atoms with Gasteiger partial charge in [-0.15, -0.1) is 0 Å². The molecule has 1 aromatic rings. The van der Waals surface area contributed by atoms with E-state index in [1.165, 1.54) is 6.07 Å². The van der Waals surface area contributed by atoms with Gasteiger partial charge in [-0.1, -0.05) is 44.9 Å². The number of rotatable bonds is 6. The maximum absolute atomic E-state index is 13.7. The van der Waals surface area contributed by atoms with Gasteiger partial charge in [0.15, 0.2) is 0 Å². The molecule has 0 aliphatic rings. The molecular formula is C14H21ClFN. The fourth-order valence-corrected chi connectivity index (χ4v) is 2.10. The highest BCUT2D eigenvalue weighted by molar-refractivity contribution is 6.30. The zero-order valence-corrected chi connectivity index (χ0v) is 11.5. The molecule has 96 valence electrons. The lowest BCUT2D eigenvalue weighted by atomic mass is 9.93. The molecule has 0 spiro atoms. The van der Waals surface area contributed by atoms with Gasteiger partial charge in [-0.3, -0.25) is 0 Å². The Bertz CT molecular complexity index is 354. The van der Waals surface area contributed by atoms with Gasteiger partial charge in [0, 0.05) is 11.1 Å². The Kier molecular flexibility index (Phi) is 5.93. The molecule has 0 aliphatic heterocycles. The van der Waals surface area contributed by atoms with Crippen molar-refractivity contribution < 1.29 is 4.39 Å². The van der Waals surface area contributed by atoms with Crippen LogP contribution in [0.15, 0.2) is 18.2 Å². The summed E-state index contributed by atoms with van der Waals surface area (Å²) < 4.78 is 13.7. The second-order valence-corrected chi connectivity index (χ2v) is 4.93. The van der Waals surface area contributed by atoms with Gasteiger partial charge in [0.05, 0.1) is 0 Å². The fraction of sp³-hybridized carbons (Fsp3) is 0.571. The first-order valence-corrected chi connectivity index (χ1v) is 6.63. The van der Waals surface area contributed by atoms with Gasteiger partial charge in [-0.2, -0.15) is 0 Å². The minimum atomic E-state index is -0.205. The summed E-state index contributed by atoms with van der Waals surface area (Å²) in [5.41, 5.74) is 0.737. The zero-order chi connectivity index (χ0) is 12.8. The second-order valence-electron chi connectivity index (χ2n) is 4.49. The molecule has 3 heteroatoms. The predicted molar refractivity (Wildman–Crippen MR) is 72.0 cm³/mol. The topological polar surface area (TPSA) is 12.0 Å². The third kappa shape index (κ3) is 4.29. The lowest BCUT2D eigenvalue weighted by Gasteiger charge is -2.24. The van der Waals surface area contributed by atoms with E-state index in [4.69, 9.17) is 11.6 Å². The Labute approximate surface area is 108 Å². The van der Waals surface area contributed by atoms with Crippen molar-refractivity contribution >= 4 is 11.6 Å². The van der Waals surface area contributed by atoms with Crippen LogP contribution in [0.2, 0.25) is 5.02 Å². The van der Waals surface area contributed by atoms with E-state index >= 15 is 0 Å². The molecule has 1 nitrogen and oxygen atoms in total. The molecular weight excluding hydrogens is 237 g/mol. The van der Waals surface area contributed by atoms with Gasteiger partial charge in [0.2, 0.25) is 0 Å². The molecule has 0 saturated carbocycles. The van der Waals surface area contributed by atoms with Crippen LogP contribution in [0.4, 0.5) is 4.39 Å². The van der Waals surface area contributed by atoms with Crippen molar-refractivity contribution in [1.82, 2.24) is 5.32 Å². The van der Waals surface area contributed by atoms with E-state index in [0.717, 1.165) is 18.5 Å². The fourth-order valence-electron chi connectivity index (χ4n) is 1.95. The van der Waals surface area contributed by atoms with Crippen LogP contribution in [0.5, 0.6) is 0 Å². The Balaban J connectivity index is 2.78. The third-order valence-corrected chi connectivity index (χ3v) is 3.49. The summed E-state index contributed by atoms with van der Waals surface area (Å²) in [5, 5.41) is 3.88. The van der Waals surface area contributed by atoms with Crippen LogP contribution in [0.3, 0.4) is 0 Å². The number of hydrogen-bond acceptors (Lipinski definition) is 1. The first kappa shape index (κ1) is 14.5. The molecule has 1 rings (SSSR count). The molecule has 0 fully saturated rings. The number of hydrogen-bond donors (Lipinski definition) is 1. The molecule has 2 atom stereocenters. The predicted octanol–water partition coefficient (Wildman–Crippen LogP) is 4.05. The van der Waals surface area contributed by atoms with Crippen LogP contribution >= 0.6 is 11.6 Å². The van der Waals surface area contributed by atoms with Crippen LogP contribution in [0.1, 0.15) is 32.8 Å². The van der Waals surface area contributed by atoms with Crippen LogP contribution in [0.25, 0.3) is 0 Å². The summed E-state index contributed by atoms with van der Waals surface area (Å²) in [5.74, 6) is 0.328. The lowest BCUT2D eigenvalue weighted by molar-refractivity contribution is 0.367. The summed E-state index contributed by atoms with van der Waals surface area (Å²) in [6.07, 6.45) is 1.80. The van der Waals surface area contributed by atoms with Crippen molar-refractivity contribution in [3.63, 3.8) is 0 Å². The quantitative estimate of drug-likeness (QED) is 0.811. The van der Waals surface area contributed by atoms with Crippen LogP contribution in [-0.4, -0.2) is 12.6 Å². The average Bonchev–Trinajstić information content (AvgIpc) is 2.30. The maximum Gasteiger partial charge on any atom is 0.127 e.